The van der Waals surface area contributed by atoms with E-state index in [-0.39, 0.29) is 5.91 Å². The van der Waals surface area contributed by atoms with Crippen LogP contribution in [-0.4, -0.2) is 58.4 Å². The molecular weight excluding hydrogens is 318 g/mol. The van der Waals surface area contributed by atoms with Crippen LogP contribution < -0.4 is 0 Å². The molecule has 7 heteroatoms. The van der Waals surface area contributed by atoms with Gasteiger partial charge >= 0.3 is 0 Å². The van der Waals surface area contributed by atoms with Crippen molar-refractivity contribution in [2.24, 2.45) is 0 Å². The highest BCUT2D eigenvalue weighted by Gasteiger charge is 2.46. The molecule has 2 aliphatic rings. The molecule has 1 N–H and O–H groups in total. The largest absolute Gasteiger partial charge is 0.394 e. The lowest BCUT2D eigenvalue weighted by Gasteiger charge is -2.22. The maximum absolute atomic E-state index is 13.5. The van der Waals surface area contributed by atoms with Crippen LogP contribution >= 0.6 is 0 Å². The predicted octanol–water partition coefficient (Wildman–Crippen LogP) is 1.65. The molecule has 130 valence electrons. The summed E-state index contributed by atoms with van der Waals surface area (Å²) in [6.07, 6.45) is 0.924. The third-order valence-electron chi connectivity index (χ3n) is 4.59. The van der Waals surface area contributed by atoms with Gasteiger partial charge in [-0.3, -0.25) is 9.59 Å². The Morgan fingerprint density at radius 2 is 2.00 bits per heavy atom. The van der Waals surface area contributed by atoms with Gasteiger partial charge in [-0.2, -0.15) is 0 Å². The zero-order chi connectivity index (χ0) is 17.3. The molecule has 1 aromatic rings. The van der Waals surface area contributed by atoms with E-state index in [0.29, 0.717) is 18.5 Å². The number of amides is 2. The van der Waals surface area contributed by atoms with Crippen LogP contribution in [0.4, 0.5) is 8.78 Å². The number of carbonyl (C=O) groups excluding carboxylic acids is 2. The standard InChI is InChI=1S/C17H20F2N2O3/c18-17(19)8-14(10-22)21(11-17)16(24)13-5-3-12(4-6-13)9-20-7-1-2-15(20)23/h3-6,14,22H,1-2,7-11H2. The molecule has 0 aromatic heterocycles. The SMILES string of the molecule is O=C1CCCN1Cc1ccc(C(=O)N2CC(F)(F)CC2CO)cc1. The summed E-state index contributed by atoms with van der Waals surface area (Å²) in [5, 5.41) is 9.23. The molecule has 0 bridgehead atoms. The molecule has 0 saturated carbocycles. The fraction of sp³-hybridized carbons (Fsp3) is 0.529. The van der Waals surface area contributed by atoms with Crippen molar-refractivity contribution in [1.82, 2.24) is 9.80 Å². The Labute approximate surface area is 138 Å². The van der Waals surface area contributed by atoms with Gasteiger partial charge in [-0.1, -0.05) is 12.1 Å². The van der Waals surface area contributed by atoms with E-state index in [4.69, 9.17) is 0 Å². The minimum atomic E-state index is -2.96. The minimum Gasteiger partial charge on any atom is -0.394 e. The number of likely N-dealkylation sites (tertiary alicyclic amines) is 2. The molecule has 0 spiro atoms. The van der Waals surface area contributed by atoms with Gasteiger partial charge in [-0.05, 0) is 24.1 Å². The monoisotopic (exact) mass is 338 g/mol. The quantitative estimate of drug-likeness (QED) is 0.908. The van der Waals surface area contributed by atoms with Crippen molar-refractivity contribution in [3.05, 3.63) is 35.4 Å². The van der Waals surface area contributed by atoms with Crippen molar-refractivity contribution in [3.8, 4) is 0 Å². The van der Waals surface area contributed by atoms with Gasteiger partial charge in [0, 0.05) is 31.5 Å². The molecule has 2 fully saturated rings. The highest BCUT2D eigenvalue weighted by Crippen LogP contribution is 2.32. The van der Waals surface area contributed by atoms with Gasteiger partial charge in [0.2, 0.25) is 5.91 Å². The average Bonchev–Trinajstić information content (AvgIpc) is 3.10. The second-order valence-electron chi connectivity index (χ2n) is 6.45. The summed E-state index contributed by atoms with van der Waals surface area (Å²) in [6, 6.07) is 5.79. The van der Waals surface area contributed by atoms with Gasteiger partial charge in [0.15, 0.2) is 0 Å². The van der Waals surface area contributed by atoms with Crippen LogP contribution in [-0.2, 0) is 11.3 Å². The molecule has 3 rings (SSSR count). The van der Waals surface area contributed by atoms with Crippen molar-refractivity contribution in [2.75, 3.05) is 19.7 Å². The summed E-state index contributed by atoms with van der Waals surface area (Å²) >= 11 is 0. The predicted molar refractivity (Wildman–Crippen MR) is 82.6 cm³/mol. The lowest BCUT2D eigenvalue weighted by atomic mass is 10.1. The molecule has 2 heterocycles. The van der Waals surface area contributed by atoms with Gasteiger partial charge in [0.05, 0.1) is 19.2 Å². The van der Waals surface area contributed by atoms with E-state index < -0.39 is 37.4 Å². The van der Waals surface area contributed by atoms with Crippen LogP contribution in [0.1, 0.15) is 35.2 Å². The molecule has 1 unspecified atom stereocenters. The van der Waals surface area contributed by atoms with Crippen molar-refractivity contribution < 1.29 is 23.5 Å². The summed E-state index contributed by atoms with van der Waals surface area (Å²) in [5.41, 5.74) is 1.20. The number of rotatable bonds is 4. The normalized spacial score (nSPS) is 23.1. The third kappa shape index (κ3) is 3.40. The number of aliphatic hydroxyl groups excluding tert-OH is 1. The van der Waals surface area contributed by atoms with Crippen LogP contribution in [0.15, 0.2) is 24.3 Å². The van der Waals surface area contributed by atoms with E-state index in [9.17, 15) is 23.5 Å². The molecule has 0 aliphatic carbocycles. The van der Waals surface area contributed by atoms with Crippen molar-refractivity contribution in [2.45, 2.75) is 37.8 Å². The number of alkyl halides is 2. The van der Waals surface area contributed by atoms with Crippen LogP contribution in [0.2, 0.25) is 0 Å². The maximum Gasteiger partial charge on any atom is 0.267 e. The fourth-order valence-electron chi connectivity index (χ4n) is 3.31. The number of hydrogen-bond acceptors (Lipinski definition) is 3. The first kappa shape index (κ1) is 16.8. The van der Waals surface area contributed by atoms with Gasteiger partial charge in [0.25, 0.3) is 11.8 Å². The molecular formula is C17H20F2N2O3. The Morgan fingerprint density at radius 1 is 1.29 bits per heavy atom. The minimum absolute atomic E-state index is 0.125. The van der Waals surface area contributed by atoms with E-state index in [2.05, 4.69) is 0 Å². The molecule has 1 aromatic carbocycles. The van der Waals surface area contributed by atoms with Gasteiger partial charge < -0.3 is 14.9 Å². The van der Waals surface area contributed by atoms with Gasteiger partial charge in [0.1, 0.15) is 0 Å². The topological polar surface area (TPSA) is 60.9 Å². The summed E-state index contributed by atoms with van der Waals surface area (Å²) < 4.78 is 27.0. The highest BCUT2D eigenvalue weighted by molar-refractivity contribution is 5.94. The second-order valence-corrected chi connectivity index (χ2v) is 6.45. The van der Waals surface area contributed by atoms with E-state index in [0.717, 1.165) is 23.4 Å². The zero-order valence-electron chi connectivity index (χ0n) is 13.3. The van der Waals surface area contributed by atoms with Crippen LogP contribution in [0.25, 0.3) is 0 Å². The number of benzene rings is 1. The first-order chi connectivity index (χ1) is 11.4. The zero-order valence-corrected chi connectivity index (χ0v) is 13.3. The molecule has 24 heavy (non-hydrogen) atoms. The second kappa shape index (κ2) is 6.47. The number of carbonyl (C=O) groups is 2. The Bertz CT molecular complexity index is 633. The average molecular weight is 338 g/mol. The Balaban J connectivity index is 1.68. The molecule has 2 saturated heterocycles. The Kier molecular flexibility index (Phi) is 4.54. The molecule has 0 radical (unpaired) electrons. The number of nitrogens with zero attached hydrogens (tertiary/aromatic N) is 2. The Hall–Kier alpha value is -2.02. The van der Waals surface area contributed by atoms with Crippen LogP contribution in [0, 0.1) is 0 Å². The number of hydrogen-bond donors (Lipinski definition) is 1. The highest BCUT2D eigenvalue weighted by atomic mass is 19.3. The van der Waals surface area contributed by atoms with E-state index >= 15 is 0 Å². The van der Waals surface area contributed by atoms with E-state index in [1.807, 2.05) is 0 Å². The molecule has 2 aliphatic heterocycles. The summed E-state index contributed by atoms with van der Waals surface area (Å²) in [5.74, 6) is -3.34. The third-order valence-corrected chi connectivity index (χ3v) is 4.59. The first-order valence-electron chi connectivity index (χ1n) is 8.06. The van der Waals surface area contributed by atoms with Crippen molar-refractivity contribution in [1.29, 1.82) is 0 Å². The number of aliphatic hydroxyl groups is 1. The number of halogens is 2. The smallest absolute Gasteiger partial charge is 0.267 e. The lowest BCUT2D eigenvalue weighted by molar-refractivity contribution is -0.128. The van der Waals surface area contributed by atoms with Gasteiger partial charge in [-0.25, -0.2) is 8.78 Å². The van der Waals surface area contributed by atoms with Crippen LogP contribution in [0.3, 0.4) is 0 Å². The van der Waals surface area contributed by atoms with E-state index in [1.165, 1.54) is 0 Å². The van der Waals surface area contributed by atoms with E-state index in [1.54, 1.807) is 29.2 Å². The first-order valence-corrected chi connectivity index (χ1v) is 8.06. The molecule has 5 nitrogen and oxygen atoms in total. The van der Waals surface area contributed by atoms with Crippen molar-refractivity contribution >= 4 is 11.8 Å². The maximum atomic E-state index is 13.5. The lowest BCUT2D eigenvalue weighted by Crippen LogP contribution is -2.38. The van der Waals surface area contributed by atoms with Crippen LogP contribution in [0.5, 0.6) is 0 Å². The molecule has 2 amide bonds. The fourth-order valence-corrected chi connectivity index (χ4v) is 3.31. The summed E-state index contributed by atoms with van der Waals surface area (Å²) in [6.45, 7) is 0.0898. The summed E-state index contributed by atoms with van der Waals surface area (Å²) in [4.78, 5) is 26.9. The Morgan fingerprint density at radius 3 is 2.58 bits per heavy atom. The summed E-state index contributed by atoms with van der Waals surface area (Å²) in [7, 11) is 0. The van der Waals surface area contributed by atoms with Gasteiger partial charge in [-0.15, -0.1) is 0 Å². The molecule has 1 atom stereocenters. The van der Waals surface area contributed by atoms with Crippen molar-refractivity contribution in [3.63, 3.8) is 0 Å².